The molecule has 0 bridgehead atoms. The van der Waals surface area contributed by atoms with Crippen molar-refractivity contribution in [2.45, 2.75) is 19.1 Å². The lowest BCUT2D eigenvalue weighted by Gasteiger charge is -2.23. The van der Waals surface area contributed by atoms with Crippen LogP contribution >= 0.6 is 0 Å². The van der Waals surface area contributed by atoms with Crippen LogP contribution in [0.25, 0.3) is 0 Å². The number of hydrogen-bond donors (Lipinski definition) is 1. The lowest BCUT2D eigenvalue weighted by atomic mass is 10.2. The summed E-state index contributed by atoms with van der Waals surface area (Å²) in [7, 11) is -3.43. The maximum Gasteiger partial charge on any atom is 0.245 e. The molecule has 0 spiro atoms. The van der Waals surface area contributed by atoms with E-state index in [4.69, 9.17) is 0 Å². The van der Waals surface area contributed by atoms with Crippen LogP contribution < -0.4 is 4.90 Å². The minimum Gasteiger partial charge on any atom is -0.508 e. The molecule has 0 aliphatic carbocycles. The van der Waals surface area contributed by atoms with Crippen LogP contribution in [0, 0.1) is 0 Å². The van der Waals surface area contributed by atoms with Crippen molar-refractivity contribution in [1.82, 2.24) is 0 Å². The molecule has 1 aromatic rings. The lowest BCUT2D eigenvalue weighted by molar-refractivity contribution is -0.117. The Labute approximate surface area is 107 Å². The normalized spacial score (nSPS) is 13.1. The Kier molecular flexibility index (Phi) is 4.34. The van der Waals surface area contributed by atoms with E-state index in [1.807, 2.05) is 0 Å². The van der Waals surface area contributed by atoms with Gasteiger partial charge in [0.1, 0.15) is 11.0 Å². The third kappa shape index (κ3) is 3.22. The van der Waals surface area contributed by atoms with Crippen LogP contribution in [0.1, 0.15) is 13.8 Å². The second-order valence-corrected chi connectivity index (χ2v) is 6.44. The minimum atomic E-state index is -3.43. The summed E-state index contributed by atoms with van der Waals surface area (Å²) in [6.07, 6.45) is 1.03. The molecule has 0 aliphatic rings. The summed E-state index contributed by atoms with van der Waals surface area (Å²) in [5.41, 5.74) is 0.484. The molecule has 1 N–H and O–H groups in total. The molecule has 0 saturated heterocycles. The van der Waals surface area contributed by atoms with Gasteiger partial charge in [0, 0.05) is 24.6 Å². The molecule has 0 aliphatic heterocycles. The lowest BCUT2D eigenvalue weighted by Crippen LogP contribution is -2.41. The molecule has 18 heavy (non-hydrogen) atoms. The SMILES string of the molecule is CCN(C(=O)C(C)S(C)(=O)=O)c1cccc(O)c1. The zero-order valence-electron chi connectivity index (χ0n) is 10.6. The van der Waals surface area contributed by atoms with Crippen molar-refractivity contribution < 1.29 is 18.3 Å². The van der Waals surface area contributed by atoms with Crippen LogP contribution in [0.2, 0.25) is 0 Å². The number of phenols is 1. The summed E-state index contributed by atoms with van der Waals surface area (Å²) >= 11 is 0. The molecular formula is C12H17NO4S. The van der Waals surface area contributed by atoms with E-state index in [2.05, 4.69) is 0 Å². The molecule has 0 saturated carbocycles. The van der Waals surface area contributed by atoms with Gasteiger partial charge in [0.25, 0.3) is 0 Å². The largest absolute Gasteiger partial charge is 0.508 e. The molecule has 0 fully saturated rings. The first-order valence-corrected chi connectivity index (χ1v) is 7.52. The molecule has 1 atom stereocenters. The van der Waals surface area contributed by atoms with Gasteiger partial charge in [-0.3, -0.25) is 4.79 Å². The highest BCUT2D eigenvalue weighted by Crippen LogP contribution is 2.21. The van der Waals surface area contributed by atoms with Crippen LogP contribution in [0.5, 0.6) is 5.75 Å². The summed E-state index contributed by atoms with van der Waals surface area (Å²) in [5.74, 6) is -0.462. The fraction of sp³-hybridized carbons (Fsp3) is 0.417. The van der Waals surface area contributed by atoms with Gasteiger partial charge in [0.2, 0.25) is 5.91 Å². The number of nitrogens with zero attached hydrogens (tertiary/aromatic N) is 1. The van der Waals surface area contributed by atoms with Gasteiger partial charge in [-0.05, 0) is 26.0 Å². The van der Waals surface area contributed by atoms with Crippen molar-refractivity contribution >= 4 is 21.4 Å². The van der Waals surface area contributed by atoms with Crippen molar-refractivity contribution in [3.8, 4) is 5.75 Å². The molecule has 1 amide bonds. The van der Waals surface area contributed by atoms with Crippen molar-refractivity contribution in [2.75, 3.05) is 17.7 Å². The minimum absolute atomic E-state index is 0.0331. The van der Waals surface area contributed by atoms with Crippen molar-refractivity contribution in [3.63, 3.8) is 0 Å². The Bertz CT molecular complexity index is 539. The van der Waals surface area contributed by atoms with Gasteiger partial charge in [0.15, 0.2) is 9.84 Å². The maximum absolute atomic E-state index is 12.1. The highest BCUT2D eigenvalue weighted by molar-refractivity contribution is 7.92. The third-order valence-corrected chi connectivity index (χ3v) is 4.20. The smallest absolute Gasteiger partial charge is 0.245 e. The third-order valence-electron chi connectivity index (χ3n) is 2.71. The van der Waals surface area contributed by atoms with Gasteiger partial charge in [-0.15, -0.1) is 0 Å². The van der Waals surface area contributed by atoms with Crippen LogP contribution in [0.4, 0.5) is 5.69 Å². The summed E-state index contributed by atoms with van der Waals surface area (Å²) in [6, 6.07) is 6.17. The van der Waals surface area contributed by atoms with Gasteiger partial charge < -0.3 is 10.0 Å². The number of phenolic OH excluding ortho intramolecular Hbond substituents is 1. The first kappa shape index (κ1) is 14.5. The molecule has 6 heteroatoms. The molecule has 1 aromatic carbocycles. The summed E-state index contributed by atoms with van der Waals surface area (Å²) in [6.45, 7) is 3.45. The van der Waals surface area contributed by atoms with Crippen LogP contribution in [0.15, 0.2) is 24.3 Å². The van der Waals surface area contributed by atoms with E-state index in [1.54, 1.807) is 19.1 Å². The fourth-order valence-corrected chi connectivity index (χ4v) is 2.02. The number of benzene rings is 1. The quantitative estimate of drug-likeness (QED) is 0.892. The maximum atomic E-state index is 12.1. The highest BCUT2D eigenvalue weighted by Gasteiger charge is 2.28. The zero-order chi connectivity index (χ0) is 13.9. The average molecular weight is 271 g/mol. The van der Waals surface area contributed by atoms with E-state index in [-0.39, 0.29) is 5.75 Å². The molecule has 100 valence electrons. The van der Waals surface area contributed by atoms with Crippen LogP contribution in [-0.2, 0) is 14.6 Å². The summed E-state index contributed by atoms with van der Waals surface area (Å²) in [5, 5.41) is 8.28. The molecule has 1 unspecified atom stereocenters. The van der Waals surface area contributed by atoms with E-state index in [0.29, 0.717) is 12.2 Å². The van der Waals surface area contributed by atoms with Gasteiger partial charge in [-0.25, -0.2) is 8.42 Å². The Morgan fingerprint density at radius 3 is 2.50 bits per heavy atom. The molecule has 0 heterocycles. The predicted octanol–water partition coefficient (Wildman–Crippen LogP) is 1.18. The number of amides is 1. The van der Waals surface area contributed by atoms with Gasteiger partial charge in [-0.2, -0.15) is 0 Å². The van der Waals surface area contributed by atoms with Gasteiger partial charge in [-0.1, -0.05) is 6.07 Å². The number of carbonyl (C=O) groups excluding carboxylic acids is 1. The number of anilines is 1. The van der Waals surface area contributed by atoms with Crippen LogP contribution in [-0.4, -0.2) is 37.5 Å². The molecule has 0 radical (unpaired) electrons. The second kappa shape index (κ2) is 5.39. The average Bonchev–Trinajstić information content (AvgIpc) is 2.27. The van der Waals surface area contributed by atoms with E-state index >= 15 is 0 Å². The second-order valence-electron chi connectivity index (χ2n) is 4.07. The van der Waals surface area contributed by atoms with E-state index in [1.165, 1.54) is 24.0 Å². The van der Waals surface area contributed by atoms with E-state index in [0.717, 1.165) is 6.26 Å². The monoisotopic (exact) mass is 271 g/mol. The number of rotatable bonds is 4. The van der Waals surface area contributed by atoms with Crippen molar-refractivity contribution in [1.29, 1.82) is 0 Å². The predicted molar refractivity (Wildman–Crippen MR) is 70.4 cm³/mol. The topological polar surface area (TPSA) is 74.7 Å². The number of carbonyl (C=O) groups is 1. The Morgan fingerprint density at radius 2 is 2.06 bits per heavy atom. The van der Waals surface area contributed by atoms with Crippen LogP contribution in [0.3, 0.4) is 0 Å². The Hall–Kier alpha value is -1.56. The molecular weight excluding hydrogens is 254 g/mol. The first-order chi connectivity index (χ1) is 8.27. The summed E-state index contributed by atoms with van der Waals surface area (Å²) < 4.78 is 22.8. The van der Waals surface area contributed by atoms with Crippen molar-refractivity contribution in [3.05, 3.63) is 24.3 Å². The molecule has 0 aromatic heterocycles. The highest BCUT2D eigenvalue weighted by atomic mass is 32.2. The Balaban J connectivity index is 3.08. The summed E-state index contributed by atoms with van der Waals surface area (Å²) in [4.78, 5) is 13.4. The standard InChI is InChI=1S/C12H17NO4S/c1-4-13(10-6-5-7-11(14)8-10)12(15)9(2)18(3,16)17/h5-9,14H,4H2,1-3H3. The number of sulfone groups is 1. The zero-order valence-corrected chi connectivity index (χ0v) is 11.4. The molecule has 5 nitrogen and oxygen atoms in total. The van der Waals surface area contributed by atoms with Gasteiger partial charge >= 0.3 is 0 Å². The number of hydrogen-bond acceptors (Lipinski definition) is 4. The Morgan fingerprint density at radius 1 is 1.44 bits per heavy atom. The van der Waals surface area contributed by atoms with Crippen molar-refractivity contribution in [2.24, 2.45) is 0 Å². The van der Waals surface area contributed by atoms with E-state index < -0.39 is 21.0 Å². The first-order valence-electron chi connectivity index (χ1n) is 5.56. The van der Waals surface area contributed by atoms with Gasteiger partial charge in [0.05, 0.1) is 0 Å². The fourth-order valence-electron chi connectivity index (χ4n) is 1.53. The molecule has 1 rings (SSSR count). The van der Waals surface area contributed by atoms with E-state index in [9.17, 15) is 18.3 Å². The number of aromatic hydroxyl groups is 1.